The number of ether oxygens (including phenoxy) is 3. The van der Waals surface area contributed by atoms with Crippen LogP contribution < -0.4 is 10.1 Å². The maximum absolute atomic E-state index is 14.0. The summed E-state index contributed by atoms with van der Waals surface area (Å²) in [5, 5.41) is 3.55. The fourth-order valence-electron chi connectivity index (χ4n) is 5.64. The van der Waals surface area contributed by atoms with Crippen molar-refractivity contribution in [2.75, 3.05) is 20.3 Å². The third-order valence-corrected chi connectivity index (χ3v) is 8.13. The topological polar surface area (TPSA) is 107 Å². The van der Waals surface area contributed by atoms with Crippen LogP contribution in [0.5, 0.6) is 5.75 Å². The molecule has 0 bridgehead atoms. The number of nitrogens with one attached hydrogen (secondary N) is 1. The Hall–Kier alpha value is -4.66. The Bertz CT molecular complexity index is 1510. The SMILES string of the molecule is C=CCCCCCOC(=O)N[C@H](CCCC)C(=O)N1C[C@H](Oc2cc(-c3ccccc3)nc3ccc(C=C)cc23)C[C@H]1C(=O)OC. The van der Waals surface area contributed by atoms with Gasteiger partial charge in [0.15, 0.2) is 0 Å². The number of benzene rings is 2. The molecule has 2 aromatic carbocycles. The number of hydrogen-bond acceptors (Lipinski definition) is 7. The Morgan fingerprint density at radius 3 is 2.59 bits per heavy atom. The minimum absolute atomic E-state index is 0.146. The van der Waals surface area contributed by atoms with Crippen molar-refractivity contribution in [1.82, 2.24) is 15.2 Å². The van der Waals surface area contributed by atoms with E-state index in [0.717, 1.165) is 59.8 Å². The number of amides is 2. The Kier molecular flexibility index (Phi) is 12.8. The van der Waals surface area contributed by atoms with Crippen LogP contribution >= 0.6 is 0 Å². The molecule has 4 rings (SSSR count). The normalized spacial score (nSPS) is 16.4. The van der Waals surface area contributed by atoms with Crippen LogP contribution in [0.15, 0.2) is 73.8 Å². The predicted octanol–water partition coefficient (Wildman–Crippen LogP) is 7.10. The molecule has 0 spiro atoms. The minimum atomic E-state index is -0.861. The summed E-state index contributed by atoms with van der Waals surface area (Å²) < 4.78 is 17.1. The molecule has 9 heteroatoms. The van der Waals surface area contributed by atoms with Crippen molar-refractivity contribution >= 4 is 34.9 Å². The maximum Gasteiger partial charge on any atom is 0.407 e. The molecular weight excluding hydrogens is 582 g/mol. The number of nitrogens with zero attached hydrogens (tertiary/aromatic N) is 2. The lowest BCUT2D eigenvalue weighted by Crippen LogP contribution is -2.52. The number of carbonyl (C=O) groups is 3. The van der Waals surface area contributed by atoms with E-state index in [4.69, 9.17) is 19.2 Å². The van der Waals surface area contributed by atoms with Gasteiger partial charge >= 0.3 is 12.1 Å². The molecule has 1 aliphatic rings. The monoisotopic (exact) mass is 627 g/mol. The number of esters is 1. The fourth-order valence-corrected chi connectivity index (χ4v) is 5.64. The van der Waals surface area contributed by atoms with Gasteiger partial charge in [-0.25, -0.2) is 14.6 Å². The van der Waals surface area contributed by atoms with E-state index in [9.17, 15) is 14.4 Å². The van der Waals surface area contributed by atoms with E-state index >= 15 is 0 Å². The van der Waals surface area contributed by atoms with Gasteiger partial charge < -0.3 is 24.4 Å². The number of unbranched alkanes of at least 4 members (excludes halogenated alkanes) is 4. The van der Waals surface area contributed by atoms with Crippen LogP contribution in [0.2, 0.25) is 0 Å². The molecule has 0 radical (unpaired) electrons. The molecule has 2 amide bonds. The molecule has 1 aromatic heterocycles. The van der Waals surface area contributed by atoms with Crippen molar-refractivity contribution in [2.24, 2.45) is 0 Å². The molecular formula is C37H45N3O6. The molecule has 1 N–H and O–H groups in total. The number of alkyl carbamates (subject to hydrolysis) is 1. The van der Waals surface area contributed by atoms with Gasteiger partial charge in [0.05, 0.1) is 31.5 Å². The Morgan fingerprint density at radius 2 is 1.87 bits per heavy atom. The number of allylic oxidation sites excluding steroid dienone is 1. The van der Waals surface area contributed by atoms with Gasteiger partial charge in [0.2, 0.25) is 5.91 Å². The van der Waals surface area contributed by atoms with Crippen molar-refractivity contribution in [1.29, 1.82) is 0 Å². The number of aromatic nitrogens is 1. The Balaban J connectivity index is 1.55. The van der Waals surface area contributed by atoms with Gasteiger partial charge in [-0.15, -0.1) is 6.58 Å². The van der Waals surface area contributed by atoms with E-state index in [1.165, 1.54) is 12.0 Å². The van der Waals surface area contributed by atoms with Crippen LogP contribution in [0.3, 0.4) is 0 Å². The third kappa shape index (κ3) is 8.96. The first-order chi connectivity index (χ1) is 22.4. The zero-order chi connectivity index (χ0) is 32.9. The first kappa shape index (κ1) is 34.2. The quantitative estimate of drug-likeness (QED) is 0.103. The molecule has 0 unspecified atom stereocenters. The third-order valence-electron chi connectivity index (χ3n) is 8.13. The van der Waals surface area contributed by atoms with Gasteiger partial charge in [-0.1, -0.05) is 74.9 Å². The van der Waals surface area contributed by atoms with E-state index in [-0.39, 0.29) is 25.5 Å². The number of methoxy groups -OCH3 is 1. The first-order valence-electron chi connectivity index (χ1n) is 16.1. The molecule has 1 aliphatic heterocycles. The molecule has 0 saturated carbocycles. The number of rotatable bonds is 16. The first-order valence-corrected chi connectivity index (χ1v) is 16.1. The zero-order valence-electron chi connectivity index (χ0n) is 26.9. The molecule has 46 heavy (non-hydrogen) atoms. The average Bonchev–Trinajstić information content (AvgIpc) is 3.51. The van der Waals surface area contributed by atoms with E-state index in [2.05, 4.69) is 18.5 Å². The molecule has 1 saturated heterocycles. The smallest absolute Gasteiger partial charge is 0.407 e. The molecule has 2 heterocycles. The lowest BCUT2D eigenvalue weighted by Gasteiger charge is -2.27. The Labute approximate surface area is 271 Å². The van der Waals surface area contributed by atoms with Gasteiger partial charge in [-0.05, 0) is 49.8 Å². The highest BCUT2D eigenvalue weighted by atomic mass is 16.5. The van der Waals surface area contributed by atoms with Gasteiger partial charge in [-0.3, -0.25) is 4.79 Å². The van der Waals surface area contributed by atoms with Crippen molar-refractivity contribution < 1.29 is 28.6 Å². The maximum atomic E-state index is 14.0. The van der Waals surface area contributed by atoms with Crippen LogP contribution in [-0.2, 0) is 19.1 Å². The zero-order valence-corrected chi connectivity index (χ0v) is 26.9. The number of fused-ring (bicyclic) bond motifs is 1. The second-order valence-electron chi connectivity index (χ2n) is 11.5. The van der Waals surface area contributed by atoms with Crippen molar-refractivity contribution in [3.8, 4) is 17.0 Å². The second-order valence-corrected chi connectivity index (χ2v) is 11.5. The van der Waals surface area contributed by atoms with Crippen LogP contribution in [0, 0.1) is 0 Å². The number of carbonyl (C=O) groups excluding carboxylic acids is 3. The van der Waals surface area contributed by atoms with E-state index in [0.29, 0.717) is 18.6 Å². The summed E-state index contributed by atoms with van der Waals surface area (Å²) in [6.45, 7) is 10.0. The lowest BCUT2D eigenvalue weighted by molar-refractivity contribution is -0.151. The van der Waals surface area contributed by atoms with Crippen molar-refractivity contribution in [3.63, 3.8) is 0 Å². The highest BCUT2D eigenvalue weighted by Gasteiger charge is 2.44. The summed E-state index contributed by atoms with van der Waals surface area (Å²) in [5.74, 6) is -0.307. The van der Waals surface area contributed by atoms with Crippen LogP contribution in [0.1, 0.15) is 63.9 Å². The van der Waals surface area contributed by atoms with Crippen LogP contribution in [0.25, 0.3) is 28.2 Å². The highest BCUT2D eigenvalue weighted by Crippen LogP contribution is 2.34. The predicted molar refractivity (Wildman–Crippen MR) is 180 cm³/mol. The summed E-state index contributed by atoms with van der Waals surface area (Å²) in [6, 6.07) is 15.8. The highest BCUT2D eigenvalue weighted by molar-refractivity contribution is 5.91. The molecule has 0 aliphatic carbocycles. The van der Waals surface area contributed by atoms with Gasteiger partial charge in [0.1, 0.15) is 23.9 Å². The van der Waals surface area contributed by atoms with Gasteiger partial charge in [0, 0.05) is 23.4 Å². The summed E-state index contributed by atoms with van der Waals surface area (Å²) in [7, 11) is 1.30. The average molecular weight is 628 g/mol. The van der Waals surface area contributed by atoms with Gasteiger partial charge in [0.25, 0.3) is 0 Å². The molecule has 3 aromatic rings. The van der Waals surface area contributed by atoms with Crippen molar-refractivity contribution in [3.05, 3.63) is 79.4 Å². The second kappa shape index (κ2) is 17.1. The summed E-state index contributed by atoms with van der Waals surface area (Å²) >= 11 is 0. The van der Waals surface area contributed by atoms with Gasteiger partial charge in [-0.2, -0.15) is 0 Å². The van der Waals surface area contributed by atoms with Crippen LogP contribution in [0.4, 0.5) is 4.79 Å². The molecule has 9 nitrogen and oxygen atoms in total. The summed E-state index contributed by atoms with van der Waals surface area (Å²) in [4.78, 5) is 45.9. The van der Waals surface area contributed by atoms with E-state index in [1.54, 1.807) is 6.08 Å². The fraction of sp³-hybridized carbons (Fsp3) is 0.405. The molecule has 3 atom stereocenters. The minimum Gasteiger partial charge on any atom is -0.488 e. The standard InChI is InChI=1S/C37H45N3O6/c1-5-8-10-11-15-21-45-37(43)39-31(18-9-6-2)35(41)40-25-28(23-33(40)36(42)44-4)46-34-24-32(27-16-13-12-14-17-27)38-30-20-19-26(7-3)22-29(30)34/h5,7,12-14,16-17,19-20,22,24,28,31,33H,1,3,6,8-11,15,18,21,23,25H2,2,4H3,(H,39,43)/t28-,31-,33+/m1/s1. The summed E-state index contributed by atoms with van der Waals surface area (Å²) in [6.07, 6.45) is 8.23. The number of pyridine rings is 1. The lowest BCUT2D eigenvalue weighted by atomic mass is 10.1. The molecule has 1 fully saturated rings. The van der Waals surface area contributed by atoms with E-state index in [1.807, 2.05) is 67.6 Å². The number of likely N-dealkylation sites (tertiary alicyclic amines) is 1. The molecule has 244 valence electrons. The summed E-state index contributed by atoms with van der Waals surface area (Å²) in [5.41, 5.74) is 3.34. The Morgan fingerprint density at radius 1 is 1.07 bits per heavy atom. The number of hydrogen-bond donors (Lipinski definition) is 1. The van der Waals surface area contributed by atoms with Crippen molar-refractivity contribution in [2.45, 2.75) is 76.5 Å². The van der Waals surface area contributed by atoms with Crippen LogP contribution in [-0.4, -0.2) is 66.3 Å². The largest absolute Gasteiger partial charge is 0.488 e. The van der Waals surface area contributed by atoms with E-state index < -0.39 is 30.3 Å².